The highest BCUT2D eigenvalue weighted by molar-refractivity contribution is 7.91. The van der Waals surface area contributed by atoms with Gasteiger partial charge in [0.25, 0.3) is 0 Å². The van der Waals surface area contributed by atoms with E-state index in [9.17, 15) is 17.4 Å². The molecule has 0 amide bonds. The first-order valence-corrected chi connectivity index (χ1v) is 12.2. The van der Waals surface area contributed by atoms with Gasteiger partial charge in [0.15, 0.2) is 0 Å². The summed E-state index contributed by atoms with van der Waals surface area (Å²) in [5.41, 5.74) is 1.37. The van der Waals surface area contributed by atoms with Crippen molar-refractivity contribution in [1.29, 1.82) is 0 Å². The van der Waals surface area contributed by atoms with Gasteiger partial charge in [-0.3, -0.25) is 9.00 Å². The lowest BCUT2D eigenvalue weighted by molar-refractivity contribution is -0.135. The van der Waals surface area contributed by atoms with Gasteiger partial charge >= 0.3 is 5.97 Å². The summed E-state index contributed by atoms with van der Waals surface area (Å²) in [6.07, 6.45) is 0. The Kier molecular flexibility index (Phi) is 7.14. The van der Waals surface area contributed by atoms with E-state index in [1.807, 2.05) is 18.2 Å². The lowest BCUT2D eigenvalue weighted by Crippen LogP contribution is -2.34. The van der Waals surface area contributed by atoms with E-state index < -0.39 is 26.8 Å². The quantitative estimate of drug-likeness (QED) is 0.536. The van der Waals surface area contributed by atoms with E-state index in [0.717, 1.165) is 5.56 Å². The topological polar surface area (TPSA) is 107 Å². The molecule has 1 atom stereocenters. The third kappa shape index (κ3) is 5.01. The lowest BCUT2D eigenvalue weighted by Gasteiger charge is -2.20. The Labute approximate surface area is 183 Å². The molecule has 0 bridgehead atoms. The first-order valence-electron chi connectivity index (χ1n) is 9.10. The number of aliphatic carboxylic acids is 1. The van der Waals surface area contributed by atoms with Crippen molar-refractivity contribution in [2.45, 2.75) is 16.3 Å². The summed E-state index contributed by atoms with van der Waals surface area (Å²) in [6.45, 7) is 0.818. The molecule has 3 rings (SSSR count). The van der Waals surface area contributed by atoms with Gasteiger partial charge in [-0.15, -0.1) is 0 Å². The Balaban J connectivity index is 1.70. The van der Waals surface area contributed by atoms with Gasteiger partial charge < -0.3 is 15.3 Å². The van der Waals surface area contributed by atoms with Gasteiger partial charge in [-0.1, -0.05) is 29.8 Å². The molecule has 8 nitrogen and oxygen atoms in total. The van der Waals surface area contributed by atoms with Crippen LogP contribution in [0, 0.1) is 0 Å². The van der Waals surface area contributed by atoms with E-state index in [1.54, 1.807) is 12.1 Å². The van der Waals surface area contributed by atoms with Crippen LogP contribution in [0.1, 0.15) is 5.56 Å². The molecule has 1 heterocycles. The molecule has 1 aliphatic heterocycles. The summed E-state index contributed by atoms with van der Waals surface area (Å²) in [7, 11) is -4.06. The molecule has 162 valence electrons. The highest BCUT2D eigenvalue weighted by Crippen LogP contribution is 2.36. The Morgan fingerprint density at radius 1 is 1.30 bits per heavy atom. The lowest BCUT2D eigenvalue weighted by atomic mass is 10.2. The van der Waals surface area contributed by atoms with Gasteiger partial charge in [-0.25, -0.2) is 8.42 Å². The van der Waals surface area contributed by atoms with Crippen LogP contribution in [0.25, 0.3) is 0 Å². The molecule has 30 heavy (non-hydrogen) atoms. The summed E-state index contributed by atoms with van der Waals surface area (Å²) in [4.78, 5) is 12.6. The number of sulfonamides is 1. The van der Waals surface area contributed by atoms with E-state index in [4.69, 9.17) is 16.7 Å². The van der Waals surface area contributed by atoms with Crippen LogP contribution in [0.5, 0.6) is 0 Å². The zero-order chi connectivity index (χ0) is 21.9. The maximum atomic E-state index is 13.1. The SMILES string of the molecule is CN(CCNCc1cccc(Cl)c1)S(=O)(=O)c1cccc2c1S(=O)CN2CC(=O)O. The van der Waals surface area contributed by atoms with E-state index in [-0.39, 0.29) is 28.8 Å². The molecule has 1 unspecified atom stereocenters. The molecule has 2 aromatic rings. The van der Waals surface area contributed by atoms with Crippen molar-refractivity contribution in [3.05, 3.63) is 53.1 Å². The summed E-state index contributed by atoms with van der Waals surface area (Å²) in [5, 5.41) is 12.9. The molecule has 0 saturated heterocycles. The van der Waals surface area contributed by atoms with Gasteiger partial charge in [-0.2, -0.15) is 4.31 Å². The molecule has 0 spiro atoms. The van der Waals surface area contributed by atoms with Crippen molar-refractivity contribution in [2.75, 3.05) is 37.5 Å². The van der Waals surface area contributed by atoms with Crippen LogP contribution >= 0.6 is 11.6 Å². The number of halogens is 1. The zero-order valence-corrected chi connectivity index (χ0v) is 18.6. The number of rotatable bonds is 9. The Hall–Kier alpha value is -1.98. The molecule has 1 aliphatic rings. The predicted octanol–water partition coefficient (Wildman–Crippen LogP) is 1.72. The molecule has 0 aliphatic carbocycles. The van der Waals surface area contributed by atoms with E-state index in [1.165, 1.54) is 28.4 Å². The first-order chi connectivity index (χ1) is 14.2. The number of carboxylic acid groups (broad SMARTS) is 1. The van der Waals surface area contributed by atoms with Crippen LogP contribution in [0.2, 0.25) is 5.02 Å². The molecule has 0 saturated carbocycles. The van der Waals surface area contributed by atoms with E-state index in [2.05, 4.69) is 5.32 Å². The van der Waals surface area contributed by atoms with Crippen LogP contribution in [0.3, 0.4) is 0 Å². The second-order valence-electron chi connectivity index (χ2n) is 6.80. The normalized spacial score (nSPS) is 16.1. The minimum atomic E-state index is -3.90. The van der Waals surface area contributed by atoms with Crippen molar-refractivity contribution in [2.24, 2.45) is 0 Å². The smallest absolute Gasteiger partial charge is 0.323 e. The third-order valence-electron chi connectivity index (χ3n) is 4.64. The number of anilines is 1. The van der Waals surface area contributed by atoms with Crippen LogP contribution in [-0.2, 0) is 32.2 Å². The fraction of sp³-hybridized carbons (Fsp3) is 0.316. The zero-order valence-electron chi connectivity index (χ0n) is 16.2. The molecule has 0 aromatic heterocycles. The molecule has 0 radical (unpaired) electrons. The highest BCUT2D eigenvalue weighted by atomic mass is 35.5. The fourth-order valence-corrected chi connectivity index (χ4v) is 6.59. The first kappa shape index (κ1) is 22.7. The number of nitrogens with one attached hydrogen (secondary N) is 1. The molecule has 2 N–H and O–H groups in total. The monoisotopic (exact) mass is 471 g/mol. The summed E-state index contributed by atoms with van der Waals surface area (Å²) >= 11 is 5.96. The number of benzene rings is 2. The molecule has 2 aromatic carbocycles. The number of nitrogens with zero attached hydrogens (tertiary/aromatic N) is 2. The maximum absolute atomic E-state index is 13.1. The van der Waals surface area contributed by atoms with Crippen molar-refractivity contribution >= 4 is 44.1 Å². The van der Waals surface area contributed by atoms with Crippen LogP contribution < -0.4 is 10.2 Å². The second-order valence-corrected chi connectivity index (χ2v) is 10.6. The van der Waals surface area contributed by atoms with Gasteiger partial charge in [0.05, 0.1) is 27.3 Å². The number of hydrogen-bond acceptors (Lipinski definition) is 6. The number of fused-ring (bicyclic) bond motifs is 1. The van der Waals surface area contributed by atoms with Gasteiger partial charge in [0, 0.05) is 31.7 Å². The third-order valence-corrected chi connectivity index (χ3v) is 8.33. The average Bonchev–Trinajstić information content (AvgIpc) is 3.00. The van der Waals surface area contributed by atoms with Gasteiger partial charge in [-0.05, 0) is 29.8 Å². The number of carboxylic acids is 1. The fourth-order valence-electron chi connectivity index (χ4n) is 3.16. The van der Waals surface area contributed by atoms with Crippen molar-refractivity contribution in [3.8, 4) is 0 Å². The molecule has 0 fully saturated rings. The van der Waals surface area contributed by atoms with E-state index >= 15 is 0 Å². The minimum absolute atomic E-state index is 0.0426. The number of hydrogen-bond donors (Lipinski definition) is 2. The Morgan fingerprint density at radius 2 is 2.03 bits per heavy atom. The Morgan fingerprint density at radius 3 is 2.73 bits per heavy atom. The summed E-state index contributed by atoms with van der Waals surface area (Å²) in [6, 6.07) is 11.9. The number of likely N-dealkylation sites (N-methyl/N-ethyl adjacent to an activating group) is 1. The van der Waals surface area contributed by atoms with Gasteiger partial charge in [0.2, 0.25) is 10.0 Å². The molecule has 11 heteroatoms. The average molecular weight is 472 g/mol. The van der Waals surface area contributed by atoms with Crippen molar-refractivity contribution in [3.63, 3.8) is 0 Å². The van der Waals surface area contributed by atoms with Gasteiger partial charge in [0.1, 0.15) is 11.4 Å². The predicted molar refractivity (Wildman–Crippen MR) is 116 cm³/mol. The van der Waals surface area contributed by atoms with Crippen LogP contribution in [0.15, 0.2) is 52.3 Å². The highest BCUT2D eigenvalue weighted by Gasteiger charge is 2.34. The van der Waals surface area contributed by atoms with Crippen LogP contribution in [0.4, 0.5) is 5.69 Å². The minimum Gasteiger partial charge on any atom is -0.480 e. The second kappa shape index (κ2) is 9.44. The summed E-state index contributed by atoms with van der Waals surface area (Å²) < 4.78 is 39.9. The van der Waals surface area contributed by atoms with Crippen LogP contribution in [-0.4, -0.2) is 60.6 Å². The molecular formula is C19H22ClN3O5S2. The van der Waals surface area contributed by atoms with E-state index in [0.29, 0.717) is 23.8 Å². The van der Waals surface area contributed by atoms with Crippen molar-refractivity contribution in [1.82, 2.24) is 9.62 Å². The standard InChI is InChI=1S/C19H22ClN3O5S2/c1-22(9-8-21-11-14-4-2-5-15(20)10-14)30(27,28)17-7-3-6-16-19(17)29(26)13-23(16)12-18(24)25/h2-7,10,21H,8-9,11-13H2,1H3,(H,24,25). The Bertz CT molecular complexity index is 1080. The van der Waals surface area contributed by atoms with Crippen molar-refractivity contribution < 1.29 is 22.5 Å². The largest absolute Gasteiger partial charge is 0.480 e. The number of carbonyl (C=O) groups is 1. The maximum Gasteiger partial charge on any atom is 0.323 e. The summed E-state index contributed by atoms with van der Waals surface area (Å²) in [5.74, 6) is -1.12. The molecular weight excluding hydrogens is 450 g/mol.